The van der Waals surface area contributed by atoms with Crippen molar-refractivity contribution in [3.63, 3.8) is 0 Å². The minimum Gasteiger partial charge on any atom is -0.398 e. The van der Waals surface area contributed by atoms with Crippen molar-refractivity contribution < 1.29 is 4.39 Å². The van der Waals surface area contributed by atoms with E-state index in [2.05, 4.69) is 15.2 Å². The highest BCUT2D eigenvalue weighted by Gasteiger charge is 2.12. The summed E-state index contributed by atoms with van der Waals surface area (Å²) in [7, 11) is 0. The number of aromatic nitrogens is 3. The van der Waals surface area contributed by atoms with Gasteiger partial charge in [-0.2, -0.15) is 5.10 Å². The number of hydrogen-bond acceptors (Lipinski definition) is 3. The molecule has 3 N–H and O–H groups in total. The highest BCUT2D eigenvalue weighted by Crippen LogP contribution is 2.25. The van der Waals surface area contributed by atoms with Crippen molar-refractivity contribution >= 4 is 5.69 Å². The summed E-state index contributed by atoms with van der Waals surface area (Å²) in [5, 5.41) is 6.49. The van der Waals surface area contributed by atoms with E-state index in [1.807, 2.05) is 0 Å². The van der Waals surface area contributed by atoms with E-state index in [4.69, 9.17) is 5.73 Å². The first-order chi connectivity index (χ1) is 6.68. The normalized spacial score (nSPS) is 10.4. The predicted molar refractivity (Wildman–Crippen MR) is 50.9 cm³/mol. The molecule has 2 rings (SSSR count). The minimum atomic E-state index is -0.413. The highest BCUT2D eigenvalue weighted by atomic mass is 19.1. The Bertz CT molecular complexity index is 443. The maximum atomic E-state index is 13.4. The van der Waals surface area contributed by atoms with Crippen LogP contribution in [0.25, 0.3) is 11.4 Å². The lowest BCUT2D eigenvalue weighted by Crippen LogP contribution is -1.94. The SMILES string of the molecule is Cc1nc(-c2c(N)cccc2F)n[nH]1. The molecule has 0 fully saturated rings. The van der Waals surface area contributed by atoms with Gasteiger partial charge in [-0.1, -0.05) is 6.07 Å². The van der Waals surface area contributed by atoms with E-state index in [0.29, 0.717) is 11.5 Å². The first-order valence-electron chi connectivity index (χ1n) is 4.12. The molecule has 0 atom stereocenters. The Morgan fingerprint density at radius 2 is 2.21 bits per heavy atom. The van der Waals surface area contributed by atoms with Crippen LogP contribution in [0.15, 0.2) is 18.2 Å². The largest absolute Gasteiger partial charge is 0.398 e. The van der Waals surface area contributed by atoms with Crippen LogP contribution in [0.1, 0.15) is 5.82 Å². The Morgan fingerprint density at radius 1 is 1.43 bits per heavy atom. The molecule has 0 saturated carbocycles. The summed E-state index contributed by atoms with van der Waals surface area (Å²) < 4.78 is 13.4. The van der Waals surface area contributed by atoms with Crippen molar-refractivity contribution in [3.8, 4) is 11.4 Å². The van der Waals surface area contributed by atoms with Gasteiger partial charge in [0.2, 0.25) is 0 Å². The summed E-state index contributed by atoms with van der Waals surface area (Å²) in [4.78, 5) is 4.02. The van der Waals surface area contributed by atoms with Crippen molar-refractivity contribution in [2.75, 3.05) is 5.73 Å². The van der Waals surface area contributed by atoms with E-state index in [0.717, 1.165) is 0 Å². The van der Waals surface area contributed by atoms with Gasteiger partial charge < -0.3 is 5.73 Å². The molecule has 0 unspecified atom stereocenters. The monoisotopic (exact) mass is 192 g/mol. The highest BCUT2D eigenvalue weighted by molar-refractivity contribution is 5.71. The molecule has 5 heteroatoms. The number of anilines is 1. The number of benzene rings is 1. The number of nitrogens with one attached hydrogen (secondary N) is 1. The van der Waals surface area contributed by atoms with Gasteiger partial charge in [0.25, 0.3) is 0 Å². The molecule has 0 bridgehead atoms. The number of nitrogens with two attached hydrogens (primary N) is 1. The summed E-state index contributed by atoms with van der Waals surface area (Å²) in [5.41, 5.74) is 6.21. The van der Waals surface area contributed by atoms with Gasteiger partial charge >= 0.3 is 0 Å². The minimum absolute atomic E-state index is 0.247. The van der Waals surface area contributed by atoms with E-state index in [1.54, 1.807) is 19.1 Å². The van der Waals surface area contributed by atoms with Crippen molar-refractivity contribution in [2.24, 2.45) is 0 Å². The molecule has 0 aliphatic carbocycles. The molecule has 0 amide bonds. The molecule has 72 valence electrons. The number of aromatic amines is 1. The standard InChI is InChI=1S/C9H9FN4/c1-5-12-9(14-13-5)8-6(10)3-2-4-7(8)11/h2-4H,11H2,1H3,(H,12,13,14). The summed E-state index contributed by atoms with van der Waals surface area (Å²) in [6.07, 6.45) is 0. The summed E-state index contributed by atoms with van der Waals surface area (Å²) in [6.45, 7) is 1.74. The van der Waals surface area contributed by atoms with Gasteiger partial charge in [0, 0.05) is 5.69 Å². The fourth-order valence-corrected chi connectivity index (χ4v) is 1.23. The lowest BCUT2D eigenvalue weighted by molar-refractivity contribution is 0.630. The molecular weight excluding hydrogens is 183 g/mol. The number of aryl methyl sites for hydroxylation is 1. The average molecular weight is 192 g/mol. The Labute approximate surface area is 80.0 Å². The van der Waals surface area contributed by atoms with Crippen LogP contribution in [0.4, 0.5) is 10.1 Å². The Hall–Kier alpha value is -1.91. The first kappa shape index (κ1) is 8.68. The van der Waals surface area contributed by atoms with Crippen molar-refractivity contribution in [2.45, 2.75) is 6.92 Å². The van der Waals surface area contributed by atoms with Crippen molar-refractivity contribution in [1.82, 2.24) is 15.2 Å². The summed E-state index contributed by atoms with van der Waals surface area (Å²) >= 11 is 0. The van der Waals surface area contributed by atoms with Crippen LogP contribution >= 0.6 is 0 Å². The summed E-state index contributed by atoms with van der Waals surface area (Å²) in [5.74, 6) is 0.504. The molecule has 1 heterocycles. The maximum absolute atomic E-state index is 13.4. The third kappa shape index (κ3) is 1.32. The van der Waals surface area contributed by atoms with Crippen molar-refractivity contribution in [3.05, 3.63) is 29.8 Å². The number of nitrogen functional groups attached to an aromatic ring is 1. The lowest BCUT2D eigenvalue weighted by atomic mass is 10.1. The molecule has 14 heavy (non-hydrogen) atoms. The van der Waals surface area contributed by atoms with Gasteiger partial charge in [0.1, 0.15) is 11.6 Å². The predicted octanol–water partition coefficient (Wildman–Crippen LogP) is 1.50. The van der Waals surface area contributed by atoms with Gasteiger partial charge in [-0.3, -0.25) is 5.10 Å². The van der Waals surface area contributed by atoms with Gasteiger partial charge in [-0.25, -0.2) is 9.37 Å². The molecule has 0 saturated heterocycles. The van der Waals surface area contributed by atoms with Crippen LogP contribution in [0.2, 0.25) is 0 Å². The average Bonchev–Trinajstić information content (AvgIpc) is 2.51. The maximum Gasteiger partial charge on any atom is 0.186 e. The van der Waals surface area contributed by atoms with Crippen LogP contribution < -0.4 is 5.73 Å². The fraction of sp³-hybridized carbons (Fsp3) is 0.111. The van der Waals surface area contributed by atoms with Gasteiger partial charge in [0.05, 0.1) is 5.56 Å². The second-order valence-corrected chi connectivity index (χ2v) is 2.95. The van der Waals surface area contributed by atoms with Crippen molar-refractivity contribution in [1.29, 1.82) is 0 Å². The smallest absolute Gasteiger partial charge is 0.186 e. The van der Waals surface area contributed by atoms with E-state index in [9.17, 15) is 4.39 Å². The number of H-pyrrole nitrogens is 1. The zero-order valence-corrected chi connectivity index (χ0v) is 7.58. The molecule has 0 radical (unpaired) electrons. The zero-order valence-electron chi connectivity index (χ0n) is 7.58. The third-order valence-electron chi connectivity index (χ3n) is 1.87. The van der Waals surface area contributed by atoms with E-state index in [-0.39, 0.29) is 11.4 Å². The quantitative estimate of drug-likeness (QED) is 0.673. The Morgan fingerprint density at radius 3 is 2.79 bits per heavy atom. The molecule has 0 aliphatic rings. The Balaban J connectivity index is 2.61. The second-order valence-electron chi connectivity index (χ2n) is 2.95. The first-order valence-corrected chi connectivity index (χ1v) is 4.12. The second kappa shape index (κ2) is 3.10. The molecule has 2 aromatic rings. The molecule has 4 nitrogen and oxygen atoms in total. The molecule has 1 aromatic heterocycles. The Kier molecular flexibility index (Phi) is 1.92. The van der Waals surface area contributed by atoms with Gasteiger partial charge in [0.15, 0.2) is 5.82 Å². The molecule has 0 spiro atoms. The van der Waals surface area contributed by atoms with E-state index >= 15 is 0 Å². The summed E-state index contributed by atoms with van der Waals surface area (Å²) in [6, 6.07) is 4.50. The van der Waals surface area contributed by atoms with Crippen LogP contribution in [0.5, 0.6) is 0 Å². The number of rotatable bonds is 1. The third-order valence-corrected chi connectivity index (χ3v) is 1.87. The van der Waals surface area contributed by atoms with E-state index in [1.165, 1.54) is 6.07 Å². The molecular formula is C9H9FN4. The van der Waals surface area contributed by atoms with Crippen LogP contribution in [0, 0.1) is 12.7 Å². The lowest BCUT2D eigenvalue weighted by Gasteiger charge is -2.01. The molecule has 1 aromatic carbocycles. The topological polar surface area (TPSA) is 67.6 Å². The van der Waals surface area contributed by atoms with Gasteiger partial charge in [-0.05, 0) is 19.1 Å². The van der Waals surface area contributed by atoms with Crippen LogP contribution in [-0.2, 0) is 0 Å². The number of halogens is 1. The van der Waals surface area contributed by atoms with E-state index < -0.39 is 5.82 Å². The van der Waals surface area contributed by atoms with Crippen LogP contribution in [0.3, 0.4) is 0 Å². The van der Waals surface area contributed by atoms with Crippen LogP contribution in [-0.4, -0.2) is 15.2 Å². The fourth-order valence-electron chi connectivity index (χ4n) is 1.23. The zero-order chi connectivity index (χ0) is 10.1. The molecule has 0 aliphatic heterocycles. The number of nitrogens with zero attached hydrogens (tertiary/aromatic N) is 2. The van der Waals surface area contributed by atoms with Gasteiger partial charge in [-0.15, -0.1) is 0 Å². The number of hydrogen-bond donors (Lipinski definition) is 2.